The van der Waals surface area contributed by atoms with Crippen LogP contribution in [0.1, 0.15) is 32.6 Å². The Morgan fingerprint density at radius 1 is 1.33 bits per heavy atom. The summed E-state index contributed by atoms with van der Waals surface area (Å²) < 4.78 is 1.87. The van der Waals surface area contributed by atoms with Crippen LogP contribution >= 0.6 is 0 Å². The molecule has 84 valence electrons. The zero-order valence-electron chi connectivity index (χ0n) is 9.39. The summed E-state index contributed by atoms with van der Waals surface area (Å²) in [5, 5.41) is 11.3. The van der Waals surface area contributed by atoms with Crippen LogP contribution in [0.15, 0.2) is 12.4 Å². The van der Waals surface area contributed by atoms with Crippen LogP contribution in [0.5, 0.6) is 0 Å². The van der Waals surface area contributed by atoms with Crippen molar-refractivity contribution in [1.82, 2.24) is 20.3 Å². The molecule has 4 nitrogen and oxygen atoms in total. The largest absolute Gasteiger partial charge is 0.312 e. The Kier molecular flexibility index (Phi) is 3.72. The van der Waals surface area contributed by atoms with Crippen LogP contribution in [0.25, 0.3) is 0 Å². The molecule has 1 aliphatic carbocycles. The fraction of sp³-hybridized carbons (Fsp3) is 0.818. The fourth-order valence-electron chi connectivity index (χ4n) is 2.20. The predicted octanol–water partition coefficient (Wildman–Crippen LogP) is 1.45. The minimum Gasteiger partial charge on any atom is -0.312 e. The normalized spacial score (nSPS) is 26.7. The van der Waals surface area contributed by atoms with E-state index in [4.69, 9.17) is 0 Å². The van der Waals surface area contributed by atoms with Crippen molar-refractivity contribution >= 4 is 0 Å². The maximum atomic E-state index is 3.94. The van der Waals surface area contributed by atoms with E-state index in [2.05, 4.69) is 22.6 Å². The van der Waals surface area contributed by atoms with Crippen molar-refractivity contribution in [2.45, 2.75) is 45.2 Å². The number of hydrogen-bond donors (Lipinski definition) is 1. The Bertz CT molecular complexity index is 262. The molecule has 4 heteroatoms. The van der Waals surface area contributed by atoms with Crippen molar-refractivity contribution in [3.63, 3.8) is 0 Å². The SMILES string of the molecule is CC1CCC(NCCn2ccnn2)CC1. The van der Waals surface area contributed by atoms with Gasteiger partial charge in [0.1, 0.15) is 0 Å². The molecule has 1 aliphatic rings. The molecule has 1 fully saturated rings. The molecule has 0 atom stereocenters. The summed E-state index contributed by atoms with van der Waals surface area (Å²) in [7, 11) is 0. The van der Waals surface area contributed by atoms with Crippen molar-refractivity contribution in [1.29, 1.82) is 0 Å². The smallest absolute Gasteiger partial charge is 0.0692 e. The van der Waals surface area contributed by atoms with Gasteiger partial charge in [-0.15, -0.1) is 5.10 Å². The molecule has 0 saturated heterocycles. The highest BCUT2D eigenvalue weighted by Crippen LogP contribution is 2.23. The van der Waals surface area contributed by atoms with Crippen LogP contribution in [-0.4, -0.2) is 27.6 Å². The van der Waals surface area contributed by atoms with Gasteiger partial charge in [0.25, 0.3) is 0 Å². The van der Waals surface area contributed by atoms with Crippen LogP contribution in [0.2, 0.25) is 0 Å². The zero-order valence-corrected chi connectivity index (χ0v) is 9.39. The molecule has 0 radical (unpaired) electrons. The number of hydrogen-bond acceptors (Lipinski definition) is 3. The first kappa shape index (κ1) is 10.6. The summed E-state index contributed by atoms with van der Waals surface area (Å²) in [5.41, 5.74) is 0. The third-order valence-corrected chi connectivity index (χ3v) is 3.26. The van der Waals surface area contributed by atoms with Gasteiger partial charge in [0.05, 0.1) is 12.7 Å². The van der Waals surface area contributed by atoms with Crippen LogP contribution in [0.4, 0.5) is 0 Å². The van der Waals surface area contributed by atoms with Gasteiger partial charge in [-0.25, -0.2) is 0 Å². The molecule has 0 bridgehead atoms. The van der Waals surface area contributed by atoms with Gasteiger partial charge in [0.2, 0.25) is 0 Å². The first-order valence-electron chi connectivity index (χ1n) is 5.92. The summed E-state index contributed by atoms with van der Waals surface area (Å²) in [6.07, 6.45) is 9.05. The molecule has 0 aromatic carbocycles. The number of rotatable bonds is 4. The van der Waals surface area contributed by atoms with Gasteiger partial charge >= 0.3 is 0 Å². The Balaban J connectivity index is 1.62. The molecule has 0 spiro atoms. The van der Waals surface area contributed by atoms with Gasteiger partial charge in [-0.05, 0) is 31.6 Å². The highest BCUT2D eigenvalue weighted by Gasteiger charge is 2.16. The third kappa shape index (κ3) is 3.30. The van der Waals surface area contributed by atoms with E-state index in [0.717, 1.165) is 25.0 Å². The highest BCUT2D eigenvalue weighted by molar-refractivity contribution is 4.75. The quantitative estimate of drug-likeness (QED) is 0.814. The second-order valence-corrected chi connectivity index (χ2v) is 4.58. The van der Waals surface area contributed by atoms with E-state index in [-0.39, 0.29) is 0 Å². The van der Waals surface area contributed by atoms with Crippen LogP contribution < -0.4 is 5.32 Å². The van der Waals surface area contributed by atoms with Crippen LogP contribution in [0.3, 0.4) is 0 Å². The summed E-state index contributed by atoms with van der Waals surface area (Å²) in [5.74, 6) is 0.929. The van der Waals surface area contributed by atoms with E-state index < -0.39 is 0 Å². The second kappa shape index (κ2) is 5.26. The number of nitrogens with one attached hydrogen (secondary N) is 1. The van der Waals surface area contributed by atoms with Gasteiger partial charge in [0, 0.05) is 18.8 Å². The topological polar surface area (TPSA) is 42.7 Å². The fourth-order valence-corrected chi connectivity index (χ4v) is 2.20. The summed E-state index contributed by atoms with van der Waals surface area (Å²) in [4.78, 5) is 0. The van der Waals surface area contributed by atoms with Gasteiger partial charge in [-0.3, -0.25) is 4.68 Å². The van der Waals surface area contributed by atoms with E-state index in [1.54, 1.807) is 6.20 Å². The lowest BCUT2D eigenvalue weighted by Gasteiger charge is -2.26. The first-order chi connectivity index (χ1) is 7.34. The summed E-state index contributed by atoms with van der Waals surface area (Å²) in [6.45, 7) is 4.28. The zero-order chi connectivity index (χ0) is 10.5. The van der Waals surface area contributed by atoms with E-state index in [1.165, 1.54) is 25.7 Å². The first-order valence-corrected chi connectivity index (χ1v) is 5.92. The van der Waals surface area contributed by atoms with Crippen molar-refractivity contribution in [3.8, 4) is 0 Å². The monoisotopic (exact) mass is 208 g/mol. The van der Waals surface area contributed by atoms with E-state index in [9.17, 15) is 0 Å². The minimum absolute atomic E-state index is 0.727. The molecule has 0 aliphatic heterocycles. The van der Waals surface area contributed by atoms with Crippen molar-refractivity contribution in [2.24, 2.45) is 5.92 Å². The van der Waals surface area contributed by atoms with Crippen LogP contribution in [-0.2, 0) is 6.54 Å². The molecule has 0 amide bonds. The van der Waals surface area contributed by atoms with Crippen molar-refractivity contribution < 1.29 is 0 Å². The van der Waals surface area contributed by atoms with Crippen molar-refractivity contribution in [2.75, 3.05) is 6.54 Å². The Labute approximate surface area is 91.1 Å². The highest BCUT2D eigenvalue weighted by atomic mass is 15.4. The molecule has 1 aromatic rings. The summed E-state index contributed by atoms with van der Waals surface area (Å²) in [6, 6.07) is 0.727. The Morgan fingerprint density at radius 3 is 2.80 bits per heavy atom. The lowest BCUT2D eigenvalue weighted by Crippen LogP contribution is -2.34. The van der Waals surface area contributed by atoms with Gasteiger partial charge in [0.15, 0.2) is 0 Å². The molecule has 1 N–H and O–H groups in total. The van der Waals surface area contributed by atoms with Crippen LogP contribution in [0, 0.1) is 5.92 Å². The molecule has 1 heterocycles. The maximum Gasteiger partial charge on any atom is 0.0692 e. The maximum absolute atomic E-state index is 3.94. The molecule has 0 unspecified atom stereocenters. The van der Waals surface area contributed by atoms with Gasteiger partial charge in [-0.2, -0.15) is 0 Å². The Hall–Kier alpha value is -0.900. The molecule has 15 heavy (non-hydrogen) atoms. The Morgan fingerprint density at radius 2 is 2.13 bits per heavy atom. The second-order valence-electron chi connectivity index (χ2n) is 4.58. The van der Waals surface area contributed by atoms with Gasteiger partial charge < -0.3 is 5.32 Å². The lowest BCUT2D eigenvalue weighted by molar-refractivity contribution is 0.303. The van der Waals surface area contributed by atoms with Gasteiger partial charge in [-0.1, -0.05) is 12.1 Å². The third-order valence-electron chi connectivity index (χ3n) is 3.26. The van der Waals surface area contributed by atoms with E-state index >= 15 is 0 Å². The molecular formula is C11H20N4. The molecule has 2 rings (SSSR count). The predicted molar refractivity (Wildman–Crippen MR) is 59.4 cm³/mol. The summed E-state index contributed by atoms with van der Waals surface area (Å²) >= 11 is 0. The number of nitrogens with zero attached hydrogens (tertiary/aromatic N) is 3. The standard InChI is InChI=1S/C11H20N4/c1-10-2-4-11(5-3-10)12-6-8-15-9-7-13-14-15/h7,9-12H,2-6,8H2,1H3. The van der Waals surface area contributed by atoms with Crippen molar-refractivity contribution in [3.05, 3.63) is 12.4 Å². The number of aromatic nitrogens is 3. The lowest BCUT2D eigenvalue weighted by atomic mass is 9.87. The van der Waals surface area contributed by atoms with E-state index in [1.807, 2.05) is 10.9 Å². The molecular weight excluding hydrogens is 188 g/mol. The average Bonchev–Trinajstić information content (AvgIpc) is 2.74. The van der Waals surface area contributed by atoms with E-state index in [0.29, 0.717) is 0 Å². The average molecular weight is 208 g/mol. The molecule has 1 aromatic heterocycles. The minimum atomic E-state index is 0.727. The molecule has 1 saturated carbocycles.